The molecule has 4 nitrogen and oxygen atoms in total. The van der Waals surface area contributed by atoms with Gasteiger partial charge in [-0.3, -0.25) is 4.79 Å². The van der Waals surface area contributed by atoms with Gasteiger partial charge in [0.25, 0.3) is 5.91 Å². The molecule has 2 heterocycles. The van der Waals surface area contributed by atoms with Crippen molar-refractivity contribution in [2.45, 2.75) is 26.7 Å². The smallest absolute Gasteiger partial charge is 0.262 e. The van der Waals surface area contributed by atoms with Crippen LogP contribution in [0.5, 0.6) is 0 Å². The van der Waals surface area contributed by atoms with Crippen LogP contribution in [0, 0.1) is 5.92 Å². The topological polar surface area (TPSA) is 36.4 Å². The molecule has 0 fully saturated rings. The molecule has 2 aromatic rings. The first kappa shape index (κ1) is 16.5. The summed E-state index contributed by atoms with van der Waals surface area (Å²) in [6.07, 6.45) is 3.79. The zero-order valence-electron chi connectivity index (χ0n) is 14.7. The fourth-order valence-electron chi connectivity index (χ4n) is 3.25. The Labute approximate surface area is 144 Å². The molecule has 0 N–H and O–H groups in total. The second-order valence-electron chi connectivity index (χ2n) is 6.60. The lowest BCUT2D eigenvalue weighted by Crippen LogP contribution is -2.32. The number of carbonyl (C=O) groups is 1. The average molecular weight is 323 g/mol. The highest BCUT2D eigenvalue weighted by molar-refractivity contribution is 6.10. The first-order valence-electron chi connectivity index (χ1n) is 8.67. The van der Waals surface area contributed by atoms with Crippen LogP contribution in [0.25, 0.3) is 0 Å². The number of fused-ring (bicyclic) bond motifs is 1. The number of anilines is 2. The summed E-state index contributed by atoms with van der Waals surface area (Å²) < 4.78 is 0. The number of hydrogen-bond donors (Lipinski definition) is 0. The van der Waals surface area contributed by atoms with E-state index in [1.807, 2.05) is 42.3 Å². The molecule has 1 amide bonds. The van der Waals surface area contributed by atoms with Gasteiger partial charge in [-0.25, -0.2) is 4.98 Å². The second kappa shape index (κ2) is 7.04. The molecule has 1 aliphatic heterocycles. The highest BCUT2D eigenvalue weighted by Gasteiger charge is 2.27. The maximum Gasteiger partial charge on any atom is 0.262 e. The molecule has 0 spiro atoms. The van der Waals surface area contributed by atoms with E-state index >= 15 is 0 Å². The SMILES string of the molecule is CCC(C)CN(C)c1ncccc1C(=O)N1CCc2ccccc21. The van der Waals surface area contributed by atoms with Crippen LogP contribution in [0.2, 0.25) is 0 Å². The van der Waals surface area contributed by atoms with Gasteiger partial charge in [-0.2, -0.15) is 0 Å². The number of aromatic nitrogens is 1. The van der Waals surface area contributed by atoms with E-state index in [4.69, 9.17) is 0 Å². The summed E-state index contributed by atoms with van der Waals surface area (Å²) in [5.74, 6) is 1.37. The Kier molecular flexibility index (Phi) is 4.84. The predicted octanol–water partition coefficient (Wildman–Crippen LogP) is 3.77. The minimum absolute atomic E-state index is 0.0408. The van der Waals surface area contributed by atoms with Crippen molar-refractivity contribution in [2.75, 3.05) is 29.9 Å². The van der Waals surface area contributed by atoms with Crippen molar-refractivity contribution in [3.63, 3.8) is 0 Å². The van der Waals surface area contributed by atoms with Gasteiger partial charge in [0.15, 0.2) is 0 Å². The summed E-state index contributed by atoms with van der Waals surface area (Å²) in [5, 5.41) is 0. The van der Waals surface area contributed by atoms with E-state index < -0.39 is 0 Å². The zero-order chi connectivity index (χ0) is 17.1. The first-order chi connectivity index (χ1) is 11.6. The number of amides is 1. The lowest BCUT2D eigenvalue weighted by molar-refractivity contribution is 0.0989. The van der Waals surface area contributed by atoms with Crippen LogP contribution in [-0.4, -0.2) is 31.0 Å². The Bertz CT molecular complexity index is 728. The molecule has 0 bridgehead atoms. The fourth-order valence-corrected chi connectivity index (χ4v) is 3.25. The quantitative estimate of drug-likeness (QED) is 0.840. The van der Waals surface area contributed by atoms with Crippen LogP contribution in [0.15, 0.2) is 42.6 Å². The lowest BCUT2D eigenvalue weighted by atomic mass is 10.1. The third-order valence-electron chi connectivity index (χ3n) is 4.79. The van der Waals surface area contributed by atoms with Gasteiger partial charge < -0.3 is 9.80 Å². The number of hydrogen-bond acceptors (Lipinski definition) is 3. The molecule has 0 saturated heterocycles. The Morgan fingerprint density at radius 1 is 1.29 bits per heavy atom. The van der Waals surface area contributed by atoms with Crippen LogP contribution in [0.4, 0.5) is 11.5 Å². The minimum atomic E-state index is 0.0408. The Morgan fingerprint density at radius 2 is 2.08 bits per heavy atom. The fraction of sp³-hybridized carbons (Fsp3) is 0.400. The standard InChI is InChI=1S/C20H25N3O/c1-4-15(2)14-22(3)19-17(9-7-12-21-19)20(24)23-13-11-16-8-5-6-10-18(16)23/h5-10,12,15H,4,11,13-14H2,1-3H3. The van der Waals surface area contributed by atoms with Gasteiger partial charge in [0.2, 0.25) is 0 Å². The molecule has 1 atom stereocenters. The van der Waals surface area contributed by atoms with Gasteiger partial charge in [-0.15, -0.1) is 0 Å². The summed E-state index contributed by atoms with van der Waals surface area (Å²) in [6.45, 7) is 6.04. The van der Waals surface area contributed by atoms with E-state index in [0.717, 1.165) is 37.4 Å². The Morgan fingerprint density at radius 3 is 2.88 bits per heavy atom. The predicted molar refractivity (Wildman–Crippen MR) is 98.8 cm³/mol. The van der Waals surface area contributed by atoms with Gasteiger partial charge in [-0.05, 0) is 36.1 Å². The van der Waals surface area contributed by atoms with E-state index in [-0.39, 0.29) is 5.91 Å². The van der Waals surface area contributed by atoms with E-state index in [1.165, 1.54) is 5.56 Å². The Balaban J connectivity index is 1.89. The van der Waals surface area contributed by atoms with Gasteiger partial charge >= 0.3 is 0 Å². The summed E-state index contributed by atoms with van der Waals surface area (Å²) in [7, 11) is 2.02. The summed E-state index contributed by atoms with van der Waals surface area (Å²) in [5.41, 5.74) is 2.95. The van der Waals surface area contributed by atoms with Crippen LogP contribution < -0.4 is 9.80 Å². The van der Waals surface area contributed by atoms with Crippen molar-refractivity contribution >= 4 is 17.4 Å². The summed E-state index contributed by atoms with van der Waals surface area (Å²) in [4.78, 5) is 21.6. The number of rotatable bonds is 5. The van der Waals surface area contributed by atoms with Crippen molar-refractivity contribution in [3.05, 3.63) is 53.7 Å². The molecule has 24 heavy (non-hydrogen) atoms. The van der Waals surface area contributed by atoms with Crippen LogP contribution in [0.3, 0.4) is 0 Å². The maximum atomic E-state index is 13.1. The van der Waals surface area contributed by atoms with Gasteiger partial charge in [0.1, 0.15) is 5.82 Å². The molecule has 0 saturated carbocycles. The van der Waals surface area contributed by atoms with E-state index in [9.17, 15) is 4.79 Å². The van der Waals surface area contributed by atoms with E-state index in [1.54, 1.807) is 6.20 Å². The van der Waals surface area contributed by atoms with Gasteiger partial charge in [0.05, 0.1) is 5.56 Å². The zero-order valence-corrected chi connectivity index (χ0v) is 14.7. The van der Waals surface area contributed by atoms with Crippen molar-refractivity contribution in [2.24, 2.45) is 5.92 Å². The first-order valence-corrected chi connectivity index (χ1v) is 8.67. The van der Waals surface area contributed by atoms with Crippen molar-refractivity contribution in [1.29, 1.82) is 0 Å². The molecule has 1 unspecified atom stereocenters. The van der Waals surface area contributed by atoms with Crippen LogP contribution in [0.1, 0.15) is 36.2 Å². The van der Waals surface area contributed by atoms with E-state index in [2.05, 4.69) is 29.8 Å². The number of nitrogens with zero attached hydrogens (tertiary/aromatic N) is 3. The third kappa shape index (κ3) is 3.14. The van der Waals surface area contributed by atoms with Crippen molar-refractivity contribution in [1.82, 2.24) is 4.98 Å². The summed E-state index contributed by atoms with van der Waals surface area (Å²) >= 11 is 0. The van der Waals surface area contributed by atoms with E-state index in [0.29, 0.717) is 11.5 Å². The highest BCUT2D eigenvalue weighted by Crippen LogP contribution is 2.30. The molecule has 0 radical (unpaired) electrons. The monoisotopic (exact) mass is 323 g/mol. The molecule has 3 rings (SSSR count). The minimum Gasteiger partial charge on any atom is -0.359 e. The highest BCUT2D eigenvalue weighted by atomic mass is 16.2. The van der Waals surface area contributed by atoms with Crippen molar-refractivity contribution in [3.8, 4) is 0 Å². The molecular formula is C20H25N3O. The number of carbonyl (C=O) groups excluding carboxylic acids is 1. The molecule has 1 aromatic carbocycles. The second-order valence-corrected chi connectivity index (χ2v) is 6.60. The van der Waals surface area contributed by atoms with Gasteiger partial charge in [-0.1, -0.05) is 38.5 Å². The molecule has 126 valence electrons. The number of para-hydroxylation sites is 1. The summed E-state index contributed by atoms with van der Waals surface area (Å²) in [6, 6.07) is 11.9. The Hall–Kier alpha value is -2.36. The third-order valence-corrected chi connectivity index (χ3v) is 4.79. The van der Waals surface area contributed by atoms with Crippen LogP contribution >= 0.6 is 0 Å². The number of pyridine rings is 1. The maximum absolute atomic E-state index is 13.1. The molecular weight excluding hydrogens is 298 g/mol. The molecule has 4 heteroatoms. The largest absolute Gasteiger partial charge is 0.359 e. The van der Waals surface area contributed by atoms with Crippen LogP contribution in [-0.2, 0) is 6.42 Å². The van der Waals surface area contributed by atoms with Crippen molar-refractivity contribution < 1.29 is 4.79 Å². The van der Waals surface area contributed by atoms with Gasteiger partial charge in [0, 0.05) is 32.0 Å². The normalized spacial score (nSPS) is 14.4. The number of benzene rings is 1. The lowest BCUT2D eigenvalue weighted by Gasteiger charge is -2.25. The molecule has 1 aromatic heterocycles. The molecule has 1 aliphatic rings. The molecule has 0 aliphatic carbocycles. The average Bonchev–Trinajstić information content (AvgIpc) is 3.05.